The Morgan fingerprint density at radius 3 is 2.51 bits per heavy atom. The molecule has 4 nitrogen and oxygen atoms in total. The van der Waals surface area contributed by atoms with Crippen molar-refractivity contribution >= 4 is 5.97 Å². The lowest BCUT2D eigenvalue weighted by Gasteiger charge is -2.57. The Morgan fingerprint density at radius 1 is 1.05 bits per heavy atom. The number of aromatic hydroxyl groups is 1. The Balaban J connectivity index is 1.29. The minimum Gasteiger partial charge on any atom is -0.504 e. The summed E-state index contributed by atoms with van der Waals surface area (Å²) in [7, 11) is 0. The smallest absolute Gasteiger partial charge is 0.309 e. The Kier molecular flexibility index (Phi) is 6.79. The normalized spacial score (nSPS) is 41.5. The molecule has 41 heavy (non-hydrogen) atoms. The topological polar surface area (TPSA) is 66.8 Å². The molecule has 5 aliphatic rings. The van der Waals surface area contributed by atoms with Crippen molar-refractivity contribution in [2.24, 2.45) is 34.0 Å². The maximum Gasteiger partial charge on any atom is 0.309 e. The summed E-state index contributed by atoms with van der Waals surface area (Å²) in [6.45, 7) is 18.4. The van der Waals surface area contributed by atoms with E-state index in [-0.39, 0.29) is 34.5 Å². The van der Waals surface area contributed by atoms with Gasteiger partial charge in [0.05, 0.1) is 5.41 Å². The number of rotatable bonds is 4. The lowest BCUT2D eigenvalue weighted by Crippen LogP contribution is -2.53. The zero-order valence-electron chi connectivity index (χ0n) is 26.3. The molecule has 6 rings (SSSR count). The Morgan fingerprint density at radius 2 is 1.78 bits per heavy atom. The van der Waals surface area contributed by atoms with Gasteiger partial charge in [-0.2, -0.15) is 0 Å². The second kappa shape index (κ2) is 9.64. The van der Waals surface area contributed by atoms with Crippen LogP contribution in [0.3, 0.4) is 0 Å². The summed E-state index contributed by atoms with van der Waals surface area (Å²) in [4.78, 5) is 12.4. The molecule has 1 aromatic carbocycles. The van der Waals surface area contributed by atoms with Gasteiger partial charge in [0.2, 0.25) is 0 Å². The van der Waals surface area contributed by atoms with Gasteiger partial charge in [-0.1, -0.05) is 64.8 Å². The molecule has 0 radical (unpaired) electrons. The van der Waals surface area contributed by atoms with E-state index in [1.807, 2.05) is 13.0 Å². The number of phenolic OH excluding ortho intramolecular Hbond substituents is 1. The van der Waals surface area contributed by atoms with E-state index >= 15 is 0 Å². The molecule has 1 aliphatic heterocycles. The summed E-state index contributed by atoms with van der Waals surface area (Å²) in [6, 6.07) is 4.07. The molecule has 4 aliphatic carbocycles. The number of aliphatic carboxylic acids is 1. The highest BCUT2D eigenvalue weighted by Gasteiger charge is 2.57. The van der Waals surface area contributed by atoms with Crippen molar-refractivity contribution in [1.29, 1.82) is 0 Å². The van der Waals surface area contributed by atoms with Crippen LogP contribution in [0, 0.1) is 34.0 Å². The third kappa shape index (κ3) is 4.24. The van der Waals surface area contributed by atoms with E-state index in [2.05, 4.69) is 53.3 Å². The Hall–Kier alpha value is -2.23. The lowest BCUT2D eigenvalue weighted by atomic mass is 9.46. The standard InChI is InChI=1S/C37H52O4/c1-22-11-15-29-35(5,18-9-19-37(29,7)33(39)40)25(22)12-10-23(2)28-20-24-21-30-34(3,4)16-8-17-36(30,6)26-13-14-27(38)32(41-28)31(24)26/h10,13-14,24-25,28-30,38H,1,8-9,11-12,15-21H2,2-7H3,(H,39,40)/b23-10+/t24-,25+,28+,29-,30+,35-,36-,37-/m1/s1. The summed E-state index contributed by atoms with van der Waals surface area (Å²) < 4.78 is 6.69. The molecule has 0 bridgehead atoms. The number of hydrogen-bond acceptors (Lipinski definition) is 3. The second-order valence-corrected chi connectivity index (χ2v) is 16.0. The maximum atomic E-state index is 12.4. The van der Waals surface area contributed by atoms with Crippen LogP contribution in [0.1, 0.15) is 129 Å². The number of hydrogen-bond donors (Lipinski definition) is 2. The molecule has 0 amide bonds. The van der Waals surface area contributed by atoms with Crippen LogP contribution in [0.25, 0.3) is 0 Å². The van der Waals surface area contributed by atoms with Gasteiger partial charge in [0, 0.05) is 5.56 Å². The molecule has 4 heteroatoms. The number of carbonyl (C=O) groups is 1. The molecule has 1 aromatic rings. The molecular formula is C37H52O4. The molecule has 0 spiro atoms. The molecule has 3 fully saturated rings. The van der Waals surface area contributed by atoms with Gasteiger partial charge in [-0.3, -0.25) is 4.79 Å². The first-order valence-electron chi connectivity index (χ1n) is 16.3. The average molecular weight is 561 g/mol. The first kappa shape index (κ1) is 28.9. The number of carboxylic acids is 1. The van der Waals surface area contributed by atoms with Crippen LogP contribution in [-0.4, -0.2) is 22.3 Å². The van der Waals surface area contributed by atoms with Crippen molar-refractivity contribution in [3.63, 3.8) is 0 Å². The maximum absolute atomic E-state index is 12.4. The Labute approximate surface area is 247 Å². The van der Waals surface area contributed by atoms with E-state index in [1.165, 1.54) is 41.5 Å². The fourth-order valence-corrected chi connectivity index (χ4v) is 11.1. The predicted octanol–water partition coefficient (Wildman–Crippen LogP) is 9.31. The van der Waals surface area contributed by atoms with Gasteiger partial charge in [-0.05, 0) is 129 Å². The summed E-state index contributed by atoms with van der Waals surface area (Å²) in [5, 5.41) is 21.2. The largest absolute Gasteiger partial charge is 0.504 e. The summed E-state index contributed by atoms with van der Waals surface area (Å²) >= 11 is 0. The van der Waals surface area contributed by atoms with Crippen molar-refractivity contribution in [3.8, 4) is 11.5 Å². The fourth-order valence-electron chi connectivity index (χ4n) is 11.1. The summed E-state index contributed by atoms with van der Waals surface area (Å²) in [6.07, 6.45) is 13.7. The molecular weight excluding hydrogens is 508 g/mol. The van der Waals surface area contributed by atoms with Gasteiger partial charge in [-0.25, -0.2) is 0 Å². The fraction of sp³-hybridized carbons (Fsp3) is 0.703. The third-order valence-electron chi connectivity index (χ3n) is 13.4. The summed E-state index contributed by atoms with van der Waals surface area (Å²) in [5.74, 6) is 1.83. The number of carboxylic acid groups (broad SMARTS) is 1. The van der Waals surface area contributed by atoms with Gasteiger partial charge in [-0.15, -0.1) is 0 Å². The van der Waals surface area contributed by atoms with Gasteiger partial charge >= 0.3 is 5.97 Å². The van der Waals surface area contributed by atoms with Crippen molar-refractivity contribution in [2.75, 3.05) is 0 Å². The highest BCUT2D eigenvalue weighted by atomic mass is 16.5. The van der Waals surface area contributed by atoms with Gasteiger partial charge in [0.1, 0.15) is 6.10 Å². The highest BCUT2D eigenvalue weighted by molar-refractivity contribution is 5.75. The number of allylic oxidation sites excluding steroid dienone is 2. The van der Waals surface area contributed by atoms with E-state index in [0.717, 1.165) is 57.1 Å². The van der Waals surface area contributed by atoms with Crippen LogP contribution in [0.4, 0.5) is 0 Å². The van der Waals surface area contributed by atoms with Gasteiger partial charge in [0.25, 0.3) is 0 Å². The molecule has 0 saturated heterocycles. The van der Waals surface area contributed by atoms with Crippen LogP contribution < -0.4 is 4.74 Å². The van der Waals surface area contributed by atoms with E-state index in [9.17, 15) is 15.0 Å². The molecule has 0 unspecified atom stereocenters. The molecule has 224 valence electrons. The van der Waals surface area contributed by atoms with Crippen molar-refractivity contribution in [2.45, 2.75) is 130 Å². The third-order valence-corrected chi connectivity index (χ3v) is 13.4. The van der Waals surface area contributed by atoms with Gasteiger partial charge in [0.15, 0.2) is 11.5 Å². The molecule has 3 saturated carbocycles. The van der Waals surface area contributed by atoms with Crippen LogP contribution >= 0.6 is 0 Å². The number of benzene rings is 1. The number of fused-ring (bicyclic) bond motifs is 3. The van der Waals surface area contributed by atoms with Crippen molar-refractivity contribution in [1.82, 2.24) is 0 Å². The zero-order chi connectivity index (χ0) is 29.5. The first-order chi connectivity index (χ1) is 19.2. The molecule has 2 N–H and O–H groups in total. The molecule has 8 atom stereocenters. The number of phenols is 1. The van der Waals surface area contributed by atoms with Crippen LogP contribution in [0.2, 0.25) is 0 Å². The minimum atomic E-state index is -0.654. The second-order valence-electron chi connectivity index (χ2n) is 16.0. The number of ether oxygens (including phenoxy) is 1. The van der Waals surface area contributed by atoms with Crippen molar-refractivity contribution < 1.29 is 19.7 Å². The van der Waals surface area contributed by atoms with E-state index < -0.39 is 11.4 Å². The molecule has 0 aromatic heterocycles. The zero-order valence-corrected chi connectivity index (χ0v) is 26.3. The van der Waals surface area contributed by atoms with E-state index in [1.54, 1.807) is 0 Å². The quantitative estimate of drug-likeness (QED) is 0.360. The van der Waals surface area contributed by atoms with Crippen molar-refractivity contribution in [3.05, 3.63) is 47.1 Å². The summed E-state index contributed by atoms with van der Waals surface area (Å²) in [5.41, 5.74) is 4.93. The van der Waals surface area contributed by atoms with E-state index in [0.29, 0.717) is 17.3 Å². The highest BCUT2D eigenvalue weighted by Crippen LogP contribution is 2.64. The van der Waals surface area contributed by atoms with Crippen LogP contribution in [0.5, 0.6) is 11.5 Å². The first-order valence-corrected chi connectivity index (χ1v) is 16.3. The predicted molar refractivity (Wildman–Crippen MR) is 164 cm³/mol. The Bertz CT molecular complexity index is 1290. The SMILES string of the molecule is C=C1CC[C@@H]2[C@](C)(CCC[C@@]2(C)C(=O)O)[C@H]1C/C=C(\C)[C@@H]1C[C@@H]2C[C@H]3C(C)(C)CCC[C@]3(C)c3ccc(O)c(c32)O1. The monoisotopic (exact) mass is 560 g/mol. The van der Waals surface area contributed by atoms with Crippen LogP contribution in [0.15, 0.2) is 35.9 Å². The minimum absolute atomic E-state index is 0.0505. The van der Waals surface area contributed by atoms with E-state index in [4.69, 9.17) is 4.74 Å². The lowest BCUT2D eigenvalue weighted by molar-refractivity contribution is -0.164. The average Bonchev–Trinajstić information content (AvgIpc) is 2.90. The van der Waals surface area contributed by atoms with Gasteiger partial charge < -0.3 is 14.9 Å². The molecule has 1 heterocycles. The van der Waals surface area contributed by atoms with Crippen LogP contribution in [-0.2, 0) is 10.2 Å².